The summed E-state index contributed by atoms with van der Waals surface area (Å²) in [6, 6.07) is 0. The van der Waals surface area contributed by atoms with Crippen molar-refractivity contribution in [1.82, 2.24) is 0 Å². The van der Waals surface area contributed by atoms with Crippen LogP contribution in [0, 0.1) is 29.1 Å². The molecule has 1 heteroatoms. The average Bonchev–Trinajstić information content (AvgIpc) is 2.78. The maximum absolute atomic E-state index is 4.80. The number of fused-ring (bicyclic) bond motifs is 2. The quantitative estimate of drug-likeness (QED) is 0.627. The zero-order chi connectivity index (χ0) is 13.6. The van der Waals surface area contributed by atoms with Crippen molar-refractivity contribution < 1.29 is 0 Å². The normalized spacial score (nSPS) is 36.4. The molecular formula is C17H31N. The lowest BCUT2D eigenvalue weighted by Gasteiger charge is -2.41. The van der Waals surface area contributed by atoms with Gasteiger partial charge < -0.3 is 0 Å². The molecule has 0 saturated heterocycles. The summed E-state index contributed by atoms with van der Waals surface area (Å²) in [6.07, 6.45) is 7.97. The van der Waals surface area contributed by atoms with Crippen LogP contribution < -0.4 is 0 Å². The third-order valence-electron chi connectivity index (χ3n) is 5.48. The minimum Gasteiger partial charge on any atom is -0.291 e. The highest BCUT2D eigenvalue weighted by molar-refractivity contribution is 5.62. The fourth-order valence-corrected chi connectivity index (χ4v) is 4.57. The Balaban J connectivity index is 2.16. The van der Waals surface area contributed by atoms with Crippen molar-refractivity contribution in [3.8, 4) is 0 Å². The van der Waals surface area contributed by atoms with E-state index in [2.05, 4.69) is 47.8 Å². The smallest absolute Gasteiger partial charge is 0.0520 e. The molecule has 18 heavy (non-hydrogen) atoms. The molecule has 2 bridgehead atoms. The van der Waals surface area contributed by atoms with Crippen molar-refractivity contribution in [2.45, 2.75) is 72.8 Å². The van der Waals surface area contributed by atoms with Crippen LogP contribution in [0.5, 0.6) is 0 Å². The van der Waals surface area contributed by atoms with Gasteiger partial charge in [-0.1, -0.05) is 20.8 Å². The van der Waals surface area contributed by atoms with Gasteiger partial charge in [-0.15, -0.1) is 0 Å². The van der Waals surface area contributed by atoms with E-state index in [0.717, 1.165) is 17.8 Å². The molecule has 4 atom stereocenters. The Labute approximate surface area is 113 Å². The molecule has 2 fully saturated rings. The maximum atomic E-state index is 4.80. The minimum atomic E-state index is 0.0786. The molecule has 0 aromatic carbocycles. The summed E-state index contributed by atoms with van der Waals surface area (Å²) in [7, 11) is 0. The number of nitrogens with zero attached hydrogens (tertiary/aromatic N) is 1. The lowest BCUT2D eigenvalue weighted by atomic mass is 9.63. The highest BCUT2D eigenvalue weighted by atomic mass is 14.8. The van der Waals surface area contributed by atoms with Gasteiger partial charge in [0.05, 0.1) is 5.54 Å². The van der Waals surface area contributed by atoms with E-state index in [1.807, 2.05) is 0 Å². The summed E-state index contributed by atoms with van der Waals surface area (Å²) < 4.78 is 0. The van der Waals surface area contributed by atoms with Crippen LogP contribution >= 0.6 is 0 Å². The topological polar surface area (TPSA) is 12.4 Å². The van der Waals surface area contributed by atoms with Crippen molar-refractivity contribution in [1.29, 1.82) is 0 Å². The molecule has 0 aliphatic heterocycles. The van der Waals surface area contributed by atoms with Crippen LogP contribution in [0.3, 0.4) is 0 Å². The largest absolute Gasteiger partial charge is 0.291 e. The van der Waals surface area contributed by atoms with Crippen molar-refractivity contribution in [3.63, 3.8) is 0 Å². The van der Waals surface area contributed by atoms with Crippen molar-refractivity contribution in [2.75, 3.05) is 0 Å². The van der Waals surface area contributed by atoms with E-state index >= 15 is 0 Å². The first-order valence-corrected chi connectivity index (χ1v) is 7.81. The zero-order valence-corrected chi connectivity index (χ0v) is 13.2. The molecule has 0 amide bonds. The van der Waals surface area contributed by atoms with E-state index in [0.29, 0.717) is 11.3 Å². The van der Waals surface area contributed by atoms with Crippen LogP contribution in [0.1, 0.15) is 67.2 Å². The number of hydrogen-bond acceptors (Lipinski definition) is 1. The first-order chi connectivity index (χ1) is 8.25. The lowest BCUT2D eigenvalue weighted by Crippen LogP contribution is -2.36. The Morgan fingerprint density at radius 2 is 1.94 bits per heavy atom. The van der Waals surface area contributed by atoms with E-state index in [-0.39, 0.29) is 5.54 Å². The lowest BCUT2D eigenvalue weighted by molar-refractivity contribution is 0.0930. The predicted molar refractivity (Wildman–Crippen MR) is 80.1 cm³/mol. The summed E-state index contributed by atoms with van der Waals surface area (Å²) in [5.74, 6) is 3.51. The standard InChI is InChI=1S/C17H31N/c1-7-12(11-18-16(2,3)4)15-13-8-9-14(10-13)17(15,5)6/h11-15H,7-10H2,1-6H3/t12-,13-,14+,15-/m1/s1. The average molecular weight is 249 g/mol. The van der Waals surface area contributed by atoms with E-state index < -0.39 is 0 Å². The van der Waals surface area contributed by atoms with Gasteiger partial charge in [-0.25, -0.2) is 0 Å². The van der Waals surface area contributed by atoms with Crippen LogP contribution in [-0.2, 0) is 0 Å². The van der Waals surface area contributed by atoms with Gasteiger partial charge in [-0.3, -0.25) is 4.99 Å². The monoisotopic (exact) mass is 249 g/mol. The van der Waals surface area contributed by atoms with E-state index in [1.165, 1.54) is 25.7 Å². The number of aliphatic imine (C=N–C) groups is 1. The van der Waals surface area contributed by atoms with Gasteiger partial charge in [-0.2, -0.15) is 0 Å². The second-order valence-corrected chi connectivity index (χ2v) is 8.14. The summed E-state index contributed by atoms with van der Waals surface area (Å²) in [5, 5.41) is 0. The summed E-state index contributed by atoms with van der Waals surface area (Å²) in [6.45, 7) is 13.9. The molecule has 2 aliphatic carbocycles. The number of rotatable bonds is 3. The molecular weight excluding hydrogens is 218 g/mol. The number of hydrogen-bond donors (Lipinski definition) is 0. The van der Waals surface area contributed by atoms with E-state index in [1.54, 1.807) is 0 Å². The van der Waals surface area contributed by atoms with Crippen molar-refractivity contribution in [3.05, 3.63) is 0 Å². The third-order valence-corrected chi connectivity index (χ3v) is 5.48. The van der Waals surface area contributed by atoms with Gasteiger partial charge in [0, 0.05) is 6.21 Å². The van der Waals surface area contributed by atoms with Gasteiger partial charge in [0.25, 0.3) is 0 Å². The zero-order valence-electron chi connectivity index (χ0n) is 13.2. The van der Waals surface area contributed by atoms with Gasteiger partial charge in [0.2, 0.25) is 0 Å². The summed E-state index contributed by atoms with van der Waals surface area (Å²) in [4.78, 5) is 4.80. The van der Waals surface area contributed by atoms with Crippen LogP contribution in [-0.4, -0.2) is 11.8 Å². The third kappa shape index (κ3) is 2.51. The molecule has 0 N–H and O–H groups in total. The molecule has 0 radical (unpaired) electrons. The van der Waals surface area contributed by atoms with Crippen LogP contribution in [0.15, 0.2) is 4.99 Å². The van der Waals surface area contributed by atoms with Crippen LogP contribution in [0.2, 0.25) is 0 Å². The second-order valence-electron chi connectivity index (χ2n) is 8.14. The van der Waals surface area contributed by atoms with E-state index in [9.17, 15) is 0 Å². The van der Waals surface area contributed by atoms with Gasteiger partial charge in [-0.05, 0) is 75.5 Å². The first-order valence-electron chi connectivity index (χ1n) is 7.81. The van der Waals surface area contributed by atoms with Gasteiger partial charge in [0.1, 0.15) is 0 Å². The molecule has 0 heterocycles. The molecule has 0 unspecified atom stereocenters. The van der Waals surface area contributed by atoms with Crippen LogP contribution in [0.4, 0.5) is 0 Å². The second kappa shape index (κ2) is 4.65. The predicted octanol–water partition coefficient (Wildman–Crippen LogP) is 4.95. The molecule has 1 nitrogen and oxygen atoms in total. The van der Waals surface area contributed by atoms with Crippen molar-refractivity contribution >= 4 is 6.21 Å². The molecule has 0 aromatic heterocycles. The molecule has 104 valence electrons. The van der Waals surface area contributed by atoms with E-state index in [4.69, 9.17) is 4.99 Å². The first kappa shape index (κ1) is 14.1. The van der Waals surface area contributed by atoms with Crippen molar-refractivity contribution in [2.24, 2.45) is 34.1 Å². The Kier molecular flexibility index (Phi) is 3.64. The Bertz CT molecular complexity index is 321. The van der Waals surface area contributed by atoms with Gasteiger partial charge >= 0.3 is 0 Å². The Hall–Kier alpha value is -0.330. The van der Waals surface area contributed by atoms with Crippen LogP contribution in [0.25, 0.3) is 0 Å². The minimum absolute atomic E-state index is 0.0786. The highest BCUT2D eigenvalue weighted by Crippen LogP contribution is 2.61. The molecule has 2 aliphatic rings. The van der Waals surface area contributed by atoms with Gasteiger partial charge in [0.15, 0.2) is 0 Å². The molecule has 0 spiro atoms. The fourth-order valence-electron chi connectivity index (χ4n) is 4.57. The Morgan fingerprint density at radius 1 is 1.28 bits per heavy atom. The Morgan fingerprint density at radius 3 is 2.39 bits per heavy atom. The highest BCUT2D eigenvalue weighted by Gasteiger charge is 2.54. The molecule has 2 saturated carbocycles. The molecule has 2 rings (SSSR count). The fraction of sp³-hybridized carbons (Fsp3) is 0.941. The maximum Gasteiger partial charge on any atom is 0.0520 e. The molecule has 0 aromatic rings. The summed E-state index contributed by atoms with van der Waals surface area (Å²) in [5.41, 5.74) is 0.614. The summed E-state index contributed by atoms with van der Waals surface area (Å²) >= 11 is 0. The SMILES string of the molecule is CC[C@H](C=NC(C)(C)C)[C@@H]1[C@@H]2CC[C@@H](C2)C1(C)C.